The zero-order valence-corrected chi connectivity index (χ0v) is 16.1. The molecule has 1 aliphatic rings. The molecule has 0 spiro atoms. The second-order valence-electron chi connectivity index (χ2n) is 7.68. The fraction of sp³-hybridized carbons (Fsp3) is 0.611. The molecule has 1 aliphatic carbocycles. The smallest absolute Gasteiger partial charge is 0.335 e. The number of carboxylic acids is 1. The molecule has 0 radical (unpaired) electrons. The Morgan fingerprint density at radius 3 is 2.43 bits per heavy atom. The van der Waals surface area contributed by atoms with E-state index in [1.54, 1.807) is 13.8 Å². The van der Waals surface area contributed by atoms with Gasteiger partial charge in [0.25, 0.3) is 5.91 Å². The molecular weight excluding hydrogens is 366 g/mol. The highest BCUT2D eigenvalue weighted by Crippen LogP contribution is 2.32. The lowest BCUT2D eigenvalue weighted by atomic mass is 9.80. The Balaban J connectivity index is 1.81. The van der Waals surface area contributed by atoms with Crippen LogP contribution in [-0.2, 0) is 14.3 Å². The summed E-state index contributed by atoms with van der Waals surface area (Å²) in [4.78, 5) is 42.7. The van der Waals surface area contributed by atoms with Crippen molar-refractivity contribution in [2.45, 2.75) is 63.6 Å². The fourth-order valence-electron chi connectivity index (χ4n) is 3.46. The van der Waals surface area contributed by atoms with Crippen molar-refractivity contribution in [3.8, 4) is 0 Å². The van der Waals surface area contributed by atoms with Crippen LogP contribution in [0.3, 0.4) is 0 Å². The number of ether oxygens (including phenoxy) is 1. The maximum atomic E-state index is 12.3. The average Bonchev–Trinajstić information content (AvgIpc) is 2.62. The Morgan fingerprint density at radius 1 is 1.25 bits per heavy atom. The van der Waals surface area contributed by atoms with Crippen LogP contribution in [0.15, 0.2) is 12.4 Å². The van der Waals surface area contributed by atoms with E-state index < -0.39 is 23.6 Å². The van der Waals surface area contributed by atoms with Crippen LogP contribution in [0.2, 0.25) is 0 Å². The summed E-state index contributed by atoms with van der Waals surface area (Å²) in [5.41, 5.74) is 10.3. The third-order valence-electron chi connectivity index (χ3n) is 4.80. The molecule has 0 aromatic carbocycles. The maximum absolute atomic E-state index is 12.3. The summed E-state index contributed by atoms with van der Waals surface area (Å²) in [7, 11) is 0. The number of hydrogen-bond acceptors (Lipinski definition) is 8. The van der Waals surface area contributed by atoms with Crippen LogP contribution >= 0.6 is 0 Å². The molecule has 0 aliphatic heterocycles. The van der Waals surface area contributed by atoms with Gasteiger partial charge in [0, 0.05) is 18.4 Å². The Kier molecular flexibility index (Phi) is 6.90. The van der Waals surface area contributed by atoms with Crippen LogP contribution in [0.1, 0.15) is 56.4 Å². The predicted molar refractivity (Wildman–Crippen MR) is 100 cm³/mol. The molecule has 28 heavy (non-hydrogen) atoms. The Morgan fingerprint density at radius 2 is 1.86 bits per heavy atom. The number of carboxylic acid groups (broad SMARTS) is 1. The van der Waals surface area contributed by atoms with Crippen molar-refractivity contribution in [1.82, 2.24) is 15.3 Å². The van der Waals surface area contributed by atoms with Crippen LogP contribution in [0.25, 0.3) is 0 Å². The number of carbonyl (C=O) groups is 3. The van der Waals surface area contributed by atoms with Crippen LogP contribution in [-0.4, -0.2) is 50.6 Å². The topological polar surface area (TPSA) is 171 Å². The van der Waals surface area contributed by atoms with Gasteiger partial charge >= 0.3 is 11.9 Å². The molecule has 0 saturated heterocycles. The second kappa shape index (κ2) is 8.96. The van der Waals surface area contributed by atoms with Crippen molar-refractivity contribution < 1.29 is 24.2 Å². The number of nitrogens with two attached hydrogens (primary N) is 2. The van der Waals surface area contributed by atoms with Crippen molar-refractivity contribution in [3.63, 3.8) is 0 Å². The summed E-state index contributed by atoms with van der Waals surface area (Å²) in [5.74, 6) is -2.32. The minimum absolute atomic E-state index is 0.0104. The summed E-state index contributed by atoms with van der Waals surface area (Å²) in [6.07, 6.45) is 6.66. The first-order valence-electron chi connectivity index (χ1n) is 9.17. The van der Waals surface area contributed by atoms with E-state index in [1.165, 1.54) is 12.4 Å². The number of nitrogen functional groups attached to an aromatic ring is 1. The van der Waals surface area contributed by atoms with E-state index in [1.807, 2.05) is 0 Å². The van der Waals surface area contributed by atoms with E-state index in [-0.39, 0.29) is 23.5 Å². The quantitative estimate of drug-likeness (QED) is 0.379. The molecule has 1 amide bonds. The molecule has 10 heteroatoms. The molecule has 154 valence electrons. The molecule has 0 unspecified atom stereocenters. The lowest BCUT2D eigenvalue weighted by Gasteiger charge is -2.34. The lowest BCUT2D eigenvalue weighted by molar-refractivity contribution is -0.164. The van der Waals surface area contributed by atoms with Gasteiger partial charge in [-0.25, -0.2) is 19.6 Å². The summed E-state index contributed by atoms with van der Waals surface area (Å²) in [6.45, 7) is 3.48. The number of hydrogen-bond donors (Lipinski definition) is 4. The van der Waals surface area contributed by atoms with E-state index in [0.29, 0.717) is 12.3 Å². The largest absolute Gasteiger partial charge is 0.480 e. The van der Waals surface area contributed by atoms with Crippen molar-refractivity contribution in [2.24, 2.45) is 11.7 Å². The molecule has 2 rings (SSSR count). The van der Waals surface area contributed by atoms with Crippen LogP contribution < -0.4 is 16.8 Å². The summed E-state index contributed by atoms with van der Waals surface area (Å²) in [5, 5.41) is 11.7. The zero-order valence-electron chi connectivity index (χ0n) is 16.1. The minimum atomic E-state index is -1.68. The fourth-order valence-corrected chi connectivity index (χ4v) is 3.46. The molecular formula is C18H27N5O5. The normalized spacial score (nSPS) is 20.8. The van der Waals surface area contributed by atoms with Crippen LogP contribution in [0.4, 0.5) is 5.82 Å². The molecule has 1 atom stereocenters. The van der Waals surface area contributed by atoms with Gasteiger partial charge in [-0.15, -0.1) is 0 Å². The van der Waals surface area contributed by atoms with Crippen LogP contribution in [0.5, 0.6) is 0 Å². The zero-order chi connectivity index (χ0) is 20.9. The first kappa shape index (κ1) is 21.5. The number of anilines is 1. The van der Waals surface area contributed by atoms with E-state index >= 15 is 0 Å². The number of esters is 1. The van der Waals surface area contributed by atoms with Gasteiger partial charge < -0.3 is 26.6 Å². The Hall–Kier alpha value is -2.75. The van der Waals surface area contributed by atoms with Gasteiger partial charge in [0.05, 0.1) is 0 Å². The SMILES string of the molecule is CC(C)(CC1CCC(NC(=O)c2nccnc2N)CC1)OC(=O)[C@@H](N)C(=O)O. The van der Waals surface area contributed by atoms with E-state index in [4.69, 9.17) is 21.3 Å². The Labute approximate surface area is 163 Å². The minimum Gasteiger partial charge on any atom is -0.480 e. The number of aliphatic carboxylic acids is 1. The van der Waals surface area contributed by atoms with E-state index in [2.05, 4.69) is 15.3 Å². The summed E-state index contributed by atoms with van der Waals surface area (Å²) in [6, 6.07) is -1.67. The second-order valence-corrected chi connectivity index (χ2v) is 7.68. The molecule has 6 N–H and O–H groups in total. The molecule has 1 aromatic heterocycles. The van der Waals surface area contributed by atoms with Gasteiger partial charge in [-0.2, -0.15) is 0 Å². The molecule has 1 heterocycles. The average molecular weight is 393 g/mol. The highest BCUT2D eigenvalue weighted by Gasteiger charge is 2.33. The highest BCUT2D eigenvalue weighted by atomic mass is 16.6. The first-order valence-corrected chi connectivity index (χ1v) is 9.17. The predicted octanol–water partition coefficient (Wildman–Crippen LogP) is 0.471. The van der Waals surface area contributed by atoms with Crippen LogP contribution in [0, 0.1) is 5.92 Å². The number of nitrogens with one attached hydrogen (secondary N) is 1. The number of rotatable bonds is 7. The standard InChI is InChI=1S/C18H27N5O5/c1-18(2,28-17(27)12(19)16(25)26)9-10-3-5-11(6-4-10)23-15(24)13-14(20)22-8-7-21-13/h7-8,10-12H,3-6,9,19H2,1-2H3,(H2,20,22)(H,23,24)(H,25,26)/t10?,11?,12-/m0/s1. The third kappa shape index (κ3) is 5.88. The van der Waals surface area contributed by atoms with Gasteiger partial charge in [-0.1, -0.05) is 0 Å². The molecule has 1 aromatic rings. The van der Waals surface area contributed by atoms with Crippen molar-refractivity contribution in [3.05, 3.63) is 18.1 Å². The summed E-state index contributed by atoms with van der Waals surface area (Å²) < 4.78 is 5.28. The van der Waals surface area contributed by atoms with E-state index in [0.717, 1.165) is 25.7 Å². The third-order valence-corrected chi connectivity index (χ3v) is 4.80. The molecule has 0 bridgehead atoms. The van der Waals surface area contributed by atoms with Crippen molar-refractivity contribution >= 4 is 23.7 Å². The number of aromatic nitrogens is 2. The molecule has 1 fully saturated rings. The lowest BCUT2D eigenvalue weighted by Crippen LogP contribution is -2.44. The monoisotopic (exact) mass is 393 g/mol. The van der Waals surface area contributed by atoms with Gasteiger partial charge in [0.1, 0.15) is 5.60 Å². The van der Waals surface area contributed by atoms with E-state index in [9.17, 15) is 14.4 Å². The van der Waals surface area contributed by atoms with Gasteiger partial charge in [0.2, 0.25) is 6.04 Å². The van der Waals surface area contributed by atoms with Gasteiger partial charge in [-0.05, 0) is 51.9 Å². The summed E-state index contributed by atoms with van der Waals surface area (Å²) >= 11 is 0. The maximum Gasteiger partial charge on any atom is 0.335 e. The molecule has 1 saturated carbocycles. The number of carbonyl (C=O) groups excluding carboxylic acids is 2. The van der Waals surface area contributed by atoms with Gasteiger partial charge in [0.15, 0.2) is 11.5 Å². The highest BCUT2D eigenvalue weighted by molar-refractivity contribution is 5.98. The van der Waals surface area contributed by atoms with Gasteiger partial charge in [-0.3, -0.25) is 4.79 Å². The number of nitrogens with zero attached hydrogens (tertiary/aromatic N) is 2. The first-order chi connectivity index (χ1) is 13.1. The van der Waals surface area contributed by atoms with Crippen molar-refractivity contribution in [1.29, 1.82) is 0 Å². The van der Waals surface area contributed by atoms with Crippen molar-refractivity contribution in [2.75, 3.05) is 5.73 Å². The number of amides is 1. The molecule has 10 nitrogen and oxygen atoms in total. The Bertz CT molecular complexity index is 731.